The summed E-state index contributed by atoms with van der Waals surface area (Å²) in [7, 11) is 0. The highest BCUT2D eigenvalue weighted by Crippen LogP contribution is 2.31. The average Bonchev–Trinajstić information content (AvgIpc) is 2.71. The Labute approximate surface area is 160 Å². The lowest BCUT2D eigenvalue weighted by atomic mass is 10.00. The van der Waals surface area contributed by atoms with Crippen LogP contribution in [-0.4, -0.2) is 23.1 Å². The van der Waals surface area contributed by atoms with Crippen molar-refractivity contribution < 1.29 is 4.74 Å². The van der Waals surface area contributed by atoms with Gasteiger partial charge in [-0.05, 0) is 49.1 Å². The molecule has 1 fully saturated rings. The lowest BCUT2D eigenvalue weighted by Gasteiger charge is -2.30. The van der Waals surface area contributed by atoms with Crippen molar-refractivity contribution in [1.82, 2.24) is 9.97 Å². The van der Waals surface area contributed by atoms with Gasteiger partial charge in [-0.1, -0.05) is 37.3 Å². The second-order valence-electron chi connectivity index (χ2n) is 6.95. The maximum atomic E-state index is 6.02. The highest BCUT2D eigenvalue weighted by atomic mass is 16.5. The second kappa shape index (κ2) is 8.08. The molecule has 1 aromatic heterocycles. The van der Waals surface area contributed by atoms with Gasteiger partial charge in [0.05, 0.1) is 5.69 Å². The molecule has 0 unspecified atom stereocenters. The normalized spacial score (nSPS) is 14.8. The minimum atomic E-state index is 0.760. The van der Waals surface area contributed by atoms with E-state index in [9.17, 15) is 0 Å². The summed E-state index contributed by atoms with van der Waals surface area (Å²) in [6.45, 7) is 4.33. The first-order chi connectivity index (χ1) is 13.3. The van der Waals surface area contributed by atoms with Crippen LogP contribution in [0, 0.1) is 5.92 Å². The van der Waals surface area contributed by atoms with Crippen molar-refractivity contribution in [3.8, 4) is 11.5 Å². The Kier molecular flexibility index (Phi) is 5.19. The van der Waals surface area contributed by atoms with Gasteiger partial charge in [0, 0.05) is 19.3 Å². The topological polar surface area (TPSA) is 50.3 Å². The van der Waals surface area contributed by atoms with Gasteiger partial charge in [0.15, 0.2) is 5.75 Å². The summed E-state index contributed by atoms with van der Waals surface area (Å²) in [6, 6.07) is 19.5. The van der Waals surface area contributed by atoms with E-state index in [1.165, 1.54) is 12.8 Å². The summed E-state index contributed by atoms with van der Waals surface area (Å²) in [6.07, 6.45) is 4.19. The molecule has 5 nitrogen and oxygen atoms in total. The molecule has 0 atom stereocenters. The largest absolute Gasteiger partial charge is 0.455 e. The molecule has 2 heterocycles. The summed E-state index contributed by atoms with van der Waals surface area (Å²) in [5.74, 6) is 3.90. The van der Waals surface area contributed by atoms with E-state index in [1.807, 2.05) is 66.9 Å². The molecule has 0 amide bonds. The van der Waals surface area contributed by atoms with E-state index < -0.39 is 0 Å². The molecule has 3 aromatic rings. The summed E-state index contributed by atoms with van der Waals surface area (Å²) in [4.78, 5) is 11.4. The smallest absolute Gasteiger partial charge is 0.227 e. The number of aromatic nitrogens is 2. The zero-order valence-corrected chi connectivity index (χ0v) is 15.5. The third kappa shape index (κ3) is 4.37. The van der Waals surface area contributed by atoms with E-state index in [1.54, 1.807) is 0 Å². The fraction of sp³-hybridized carbons (Fsp3) is 0.273. The van der Waals surface area contributed by atoms with Crippen LogP contribution in [0.5, 0.6) is 11.5 Å². The summed E-state index contributed by atoms with van der Waals surface area (Å²) in [5.41, 5.74) is 0.873. The molecule has 0 radical (unpaired) electrons. The number of para-hydroxylation sites is 3. The number of benzene rings is 2. The Bertz CT molecular complexity index is 876. The number of hydrogen-bond acceptors (Lipinski definition) is 5. The van der Waals surface area contributed by atoms with Crippen molar-refractivity contribution >= 4 is 17.5 Å². The first kappa shape index (κ1) is 17.3. The predicted octanol–water partition coefficient (Wildman–Crippen LogP) is 5.25. The lowest BCUT2D eigenvalue weighted by Crippen LogP contribution is -2.34. The molecule has 2 aromatic carbocycles. The van der Waals surface area contributed by atoms with Gasteiger partial charge >= 0.3 is 0 Å². The van der Waals surface area contributed by atoms with Gasteiger partial charge in [0.25, 0.3) is 0 Å². The zero-order chi connectivity index (χ0) is 18.5. The molecule has 0 saturated carbocycles. The number of anilines is 3. The van der Waals surface area contributed by atoms with Crippen LogP contribution in [0.4, 0.5) is 17.5 Å². The van der Waals surface area contributed by atoms with Crippen LogP contribution in [0.1, 0.15) is 19.8 Å². The molecule has 5 heteroatoms. The number of piperidine rings is 1. The fourth-order valence-corrected chi connectivity index (χ4v) is 3.19. The first-order valence-electron chi connectivity index (χ1n) is 9.45. The molecule has 0 bridgehead atoms. The maximum Gasteiger partial charge on any atom is 0.227 e. The number of rotatable bonds is 5. The molecule has 1 aliphatic heterocycles. The van der Waals surface area contributed by atoms with Gasteiger partial charge in [-0.3, -0.25) is 0 Å². The summed E-state index contributed by atoms with van der Waals surface area (Å²) in [5, 5.41) is 3.38. The van der Waals surface area contributed by atoms with Crippen molar-refractivity contribution in [3.05, 3.63) is 66.9 Å². The van der Waals surface area contributed by atoms with Crippen LogP contribution >= 0.6 is 0 Å². The Morgan fingerprint density at radius 2 is 1.70 bits per heavy atom. The fourth-order valence-electron chi connectivity index (χ4n) is 3.19. The minimum Gasteiger partial charge on any atom is -0.455 e. The second-order valence-corrected chi connectivity index (χ2v) is 6.95. The van der Waals surface area contributed by atoms with Crippen molar-refractivity contribution in [2.75, 3.05) is 23.3 Å². The number of ether oxygens (including phenoxy) is 1. The molecule has 138 valence electrons. The molecule has 27 heavy (non-hydrogen) atoms. The summed E-state index contributed by atoms with van der Waals surface area (Å²) >= 11 is 0. The van der Waals surface area contributed by atoms with Crippen LogP contribution < -0.4 is 15.0 Å². The van der Waals surface area contributed by atoms with Gasteiger partial charge in [-0.15, -0.1) is 0 Å². The Morgan fingerprint density at radius 3 is 2.52 bits per heavy atom. The van der Waals surface area contributed by atoms with E-state index in [4.69, 9.17) is 9.72 Å². The van der Waals surface area contributed by atoms with Gasteiger partial charge in [-0.2, -0.15) is 4.98 Å². The number of nitrogens with one attached hydrogen (secondary N) is 1. The van der Waals surface area contributed by atoms with E-state index >= 15 is 0 Å². The number of hydrogen-bond donors (Lipinski definition) is 1. The van der Waals surface area contributed by atoms with E-state index in [0.29, 0.717) is 0 Å². The quantitative estimate of drug-likeness (QED) is 0.673. The highest BCUT2D eigenvalue weighted by Gasteiger charge is 2.18. The molecule has 1 aliphatic rings. The zero-order valence-electron chi connectivity index (χ0n) is 15.5. The lowest BCUT2D eigenvalue weighted by molar-refractivity contribution is 0.434. The third-order valence-corrected chi connectivity index (χ3v) is 4.83. The van der Waals surface area contributed by atoms with Gasteiger partial charge < -0.3 is 15.0 Å². The first-order valence-corrected chi connectivity index (χ1v) is 9.45. The molecular formula is C22H24N4O. The van der Waals surface area contributed by atoms with Crippen molar-refractivity contribution in [2.24, 2.45) is 5.92 Å². The van der Waals surface area contributed by atoms with Gasteiger partial charge in [0.2, 0.25) is 5.95 Å². The molecule has 0 spiro atoms. The van der Waals surface area contributed by atoms with Crippen LogP contribution in [-0.2, 0) is 0 Å². The van der Waals surface area contributed by atoms with Gasteiger partial charge in [0.1, 0.15) is 11.6 Å². The standard InChI is InChI=1S/C22H24N4O/c1-17-12-15-26(16-13-17)22-23-14-11-21(25-22)24-19-9-5-6-10-20(19)27-18-7-3-2-4-8-18/h2-11,14,17H,12-13,15-16H2,1H3,(H,23,24,25). The molecular weight excluding hydrogens is 336 g/mol. The summed E-state index contributed by atoms with van der Waals surface area (Å²) < 4.78 is 6.02. The van der Waals surface area contributed by atoms with Crippen molar-refractivity contribution in [2.45, 2.75) is 19.8 Å². The average molecular weight is 360 g/mol. The molecule has 4 rings (SSSR count). The Hall–Kier alpha value is -3.08. The van der Waals surface area contributed by atoms with Crippen LogP contribution in [0.25, 0.3) is 0 Å². The van der Waals surface area contributed by atoms with Crippen LogP contribution in [0.2, 0.25) is 0 Å². The monoisotopic (exact) mass is 360 g/mol. The number of nitrogens with zero attached hydrogens (tertiary/aromatic N) is 3. The van der Waals surface area contributed by atoms with Gasteiger partial charge in [-0.25, -0.2) is 4.98 Å². The minimum absolute atomic E-state index is 0.760. The Morgan fingerprint density at radius 1 is 0.963 bits per heavy atom. The van der Waals surface area contributed by atoms with E-state index in [-0.39, 0.29) is 0 Å². The van der Waals surface area contributed by atoms with E-state index in [0.717, 1.165) is 48.0 Å². The molecule has 0 aliphatic carbocycles. The molecule has 1 N–H and O–H groups in total. The molecule has 1 saturated heterocycles. The van der Waals surface area contributed by atoms with Crippen LogP contribution in [0.15, 0.2) is 66.9 Å². The third-order valence-electron chi connectivity index (χ3n) is 4.83. The maximum absolute atomic E-state index is 6.02. The van der Waals surface area contributed by atoms with Crippen molar-refractivity contribution in [1.29, 1.82) is 0 Å². The Balaban J connectivity index is 1.52. The van der Waals surface area contributed by atoms with Crippen molar-refractivity contribution in [3.63, 3.8) is 0 Å². The highest BCUT2D eigenvalue weighted by molar-refractivity contribution is 5.65. The van der Waals surface area contributed by atoms with E-state index in [2.05, 4.69) is 22.1 Å². The van der Waals surface area contributed by atoms with Crippen LogP contribution in [0.3, 0.4) is 0 Å². The predicted molar refractivity (Wildman–Crippen MR) is 109 cm³/mol. The SMILES string of the molecule is CC1CCN(c2nccc(Nc3ccccc3Oc3ccccc3)n2)CC1.